The predicted molar refractivity (Wildman–Crippen MR) is 107 cm³/mol. The van der Waals surface area contributed by atoms with Crippen LogP contribution < -0.4 is 0 Å². The Kier molecular flexibility index (Phi) is 9.11. The van der Waals surface area contributed by atoms with Crippen molar-refractivity contribution in [3.05, 3.63) is 63.6 Å². The largest absolute Gasteiger partial charge is 0.478 e. The zero-order valence-electron chi connectivity index (χ0n) is 14.6. The van der Waals surface area contributed by atoms with E-state index in [9.17, 15) is 18.4 Å². The van der Waals surface area contributed by atoms with Gasteiger partial charge in [0.25, 0.3) is 0 Å². The lowest BCUT2D eigenvalue weighted by Crippen LogP contribution is -1.95. The number of thioether (sulfide) groups is 1. The zero-order chi connectivity index (χ0) is 20.6. The minimum Gasteiger partial charge on any atom is -0.478 e. The second kappa shape index (κ2) is 11.1. The molecule has 0 atom stereocenters. The summed E-state index contributed by atoms with van der Waals surface area (Å²) in [7, 11) is -4.42. The Morgan fingerprint density at radius 2 is 1.89 bits per heavy atom. The van der Waals surface area contributed by atoms with Gasteiger partial charge in [0.15, 0.2) is 0 Å². The number of aromatic carboxylic acids is 1. The first-order valence-corrected chi connectivity index (χ1v) is 11.8. The summed E-state index contributed by atoms with van der Waals surface area (Å²) in [5.41, 5.74) is 1.71. The number of carboxylic acids is 1. The lowest BCUT2D eigenvalue weighted by atomic mass is 10.1. The van der Waals surface area contributed by atoms with Crippen LogP contribution in [0.1, 0.15) is 34.3 Å². The summed E-state index contributed by atoms with van der Waals surface area (Å²) in [4.78, 5) is 11.9. The van der Waals surface area contributed by atoms with Crippen LogP contribution in [0.25, 0.3) is 0 Å². The highest BCUT2D eigenvalue weighted by Gasteiger charge is 2.29. The first kappa shape index (κ1) is 23.0. The van der Waals surface area contributed by atoms with Crippen LogP contribution in [0.4, 0.5) is 9.05 Å². The first-order chi connectivity index (χ1) is 13.4. The lowest BCUT2D eigenvalue weighted by Gasteiger charge is -2.10. The van der Waals surface area contributed by atoms with E-state index in [-0.39, 0.29) is 5.56 Å². The Morgan fingerprint density at radius 3 is 2.54 bits per heavy atom. The molecule has 0 aromatic heterocycles. The lowest BCUT2D eigenvalue weighted by molar-refractivity contribution is -0.0881. The Hall–Kier alpha value is -1.25. The molecule has 0 aliphatic heterocycles. The van der Waals surface area contributed by atoms with E-state index in [4.69, 9.17) is 5.11 Å². The van der Waals surface area contributed by atoms with Gasteiger partial charge in [-0.3, -0.25) is 4.57 Å². The molecular weight excluding hydrogens is 477 g/mol. The van der Waals surface area contributed by atoms with Gasteiger partial charge in [-0.25, -0.2) is 4.79 Å². The van der Waals surface area contributed by atoms with Gasteiger partial charge in [0, 0.05) is 9.37 Å². The Morgan fingerprint density at radius 1 is 1.14 bits per heavy atom. The molecule has 1 N–H and O–H groups in total. The highest BCUT2D eigenvalue weighted by Crippen LogP contribution is 2.52. The van der Waals surface area contributed by atoms with Crippen molar-refractivity contribution in [2.45, 2.75) is 30.3 Å². The molecule has 0 fully saturated rings. The third kappa shape index (κ3) is 6.97. The third-order valence-electron chi connectivity index (χ3n) is 3.90. The molecule has 0 aliphatic carbocycles. The van der Waals surface area contributed by atoms with Gasteiger partial charge in [-0.2, -0.15) is 0 Å². The average molecular weight is 495 g/mol. The predicted octanol–water partition coefficient (Wildman–Crippen LogP) is 6.76. The average Bonchev–Trinajstić information content (AvgIpc) is 2.69. The molecule has 0 radical (unpaired) electrons. The van der Waals surface area contributed by atoms with E-state index in [0.29, 0.717) is 10.0 Å². The maximum absolute atomic E-state index is 12.2. The maximum Gasteiger partial charge on any atom is 0.399 e. The number of benzene rings is 2. The molecule has 0 bridgehead atoms. The fraction of sp³-hybridized carbons (Fsp3) is 0.278. The van der Waals surface area contributed by atoms with Crippen LogP contribution in [0.2, 0.25) is 0 Å². The van der Waals surface area contributed by atoms with Crippen molar-refractivity contribution < 1.29 is 33.0 Å². The SMILES string of the molecule is O=C(O)c1cccc(SCCCCc2ccc(CP(=O)(OF)OF)c(Br)c2)c1. The van der Waals surface area contributed by atoms with Crippen LogP contribution >= 0.6 is 35.3 Å². The molecule has 0 aliphatic rings. The number of rotatable bonds is 11. The van der Waals surface area contributed by atoms with Crippen molar-refractivity contribution in [2.24, 2.45) is 0 Å². The standard InChI is InChI=1S/C18H18BrF2O5PS/c19-17-10-13(7-8-15(17)12-27(24,25-20)26-21)4-1-2-9-28-16-6-3-5-14(11-16)18(22)23/h3,5-8,10-11H,1-2,4,9,12H2,(H,22,23). The maximum atomic E-state index is 12.2. The van der Waals surface area contributed by atoms with Crippen LogP contribution in [-0.4, -0.2) is 16.8 Å². The van der Waals surface area contributed by atoms with Gasteiger partial charge in [-0.05, 0) is 69.5 Å². The normalized spacial score (nSPS) is 11.5. The number of carboxylic acid groups (broad SMARTS) is 1. The van der Waals surface area contributed by atoms with E-state index >= 15 is 0 Å². The van der Waals surface area contributed by atoms with Crippen molar-refractivity contribution >= 4 is 41.3 Å². The second-order valence-electron chi connectivity index (χ2n) is 5.97. The molecule has 2 aromatic rings. The molecular formula is C18H18BrF2O5PS. The minimum atomic E-state index is -4.42. The Labute approximate surface area is 173 Å². The second-order valence-corrected chi connectivity index (χ2v) is 9.81. The van der Waals surface area contributed by atoms with Crippen molar-refractivity contribution in [3.8, 4) is 0 Å². The number of carbonyl (C=O) groups is 1. The van der Waals surface area contributed by atoms with Gasteiger partial charge in [-0.1, -0.05) is 34.1 Å². The molecule has 2 aromatic carbocycles. The summed E-state index contributed by atoms with van der Waals surface area (Å²) in [6, 6.07) is 12.1. The quantitative estimate of drug-likeness (QED) is 0.211. The molecule has 0 saturated carbocycles. The van der Waals surface area contributed by atoms with Crippen LogP contribution in [0, 0.1) is 0 Å². The Bertz CT molecular complexity index is 860. The summed E-state index contributed by atoms with van der Waals surface area (Å²) >= 11 is 4.90. The van der Waals surface area contributed by atoms with Gasteiger partial charge in [0.2, 0.25) is 0 Å². The van der Waals surface area contributed by atoms with Gasteiger partial charge in [0.05, 0.1) is 11.7 Å². The van der Waals surface area contributed by atoms with Crippen LogP contribution in [-0.2, 0) is 26.6 Å². The van der Waals surface area contributed by atoms with Crippen molar-refractivity contribution in [1.82, 2.24) is 0 Å². The third-order valence-corrected chi connectivity index (χ3v) is 6.87. The molecule has 0 heterocycles. The summed E-state index contributed by atoms with van der Waals surface area (Å²) in [5.74, 6) is -0.0864. The number of unbranched alkanes of at least 4 members (excludes halogenated alkanes) is 1. The molecule has 5 nitrogen and oxygen atoms in total. The van der Waals surface area contributed by atoms with Gasteiger partial charge >= 0.3 is 13.6 Å². The van der Waals surface area contributed by atoms with Crippen molar-refractivity contribution in [2.75, 3.05) is 5.75 Å². The van der Waals surface area contributed by atoms with E-state index in [1.165, 1.54) is 0 Å². The van der Waals surface area contributed by atoms with Crippen LogP contribution in [0.3, 0.4) is 0 Å². The van der Waals surface area contributed by atoms with Gasteiger partial charge in [0.1, 0.15) is 0 Å². The van der Waals surface area contributed by atoms with Gasteiger partial charge in [-0.15, -0.1) is 21.2 Å². The summed E-state index contributed by atoms with van der Waals surface area (Å²) in [5, 5.41) is 9.00. The van der Waals surface area contributed by atoms with E-state index < -0.39 is 19.7 Å². The highest BCUT2D eigenvalue weighted by molar-refractivity contribution is 9.10. The smallest absolute Gasteiger partial charge is 0.399 e. The molecule has 10 heteroatoms. The zero-order valence-corrected chi connectivity index (χ0v) is 17.9. The molecule has 0 amide bonds. The molecule has 28 heavy (non-hydrogen) atoms. The molecule has 0 saturated heterocycles. The van der Waals surface area contributed by atoms with Crippen LogP contribution in [0.15, 0.2) is 51.8 Å². The highest BCUT2D eigenvalue weighted by atomic mass is 79.9. The fourth-order valence-corrected chi connectivity index (χ4v) is 5.05. The number of aryl methyl sites for hydroxylation is 1. The Balaban J connectivity index is 1.80. The molecule has 0 spiro atoms. The monoisotopic (exact) mass is 494 g/mol. The van der Waals surface area contributed by atoms with Crippen LogP contribution in [0.5, 0.6) is 0 Å². The number of hydrogen-bond donors (Lipinski definition) is 1. The van der Waals surface area contributed by atoms with Gasteiger partial charge < -0.3 is 5.11 Å². The fourth-order valence-electron chi connectivity index (χ4n) is 2.48. The van der Waals surface area contributed by atoms with E-state index in [0.717, 1.165) is 35.5 Å². The van der Waals surface area contributed by atoms with E-state index in [2.05, 4.69) is 25.4 Å². The molecule has 2 rings (SSSR count). The number of hydrogen-bond acceptors (Lipinski definition) is 5. The number of halogens is 3. The summed E-state index contributed by atoms with van der Waals surface area (Å²) in [6.07, 6.45) is 2.12. The van der Waals surface area contributed by atoms with Crippen molar-refractivity contribution in [3.63, 3.8) is 0 Å². The topological polar surface area (TPSA) is 72.8 Å². The van der Waals surface area contributed by atoms with Crippen molar-refractivity contribution in [1.29, 1.82) is 0 Å². The molecule has 0 unspecified atom stereocenters. The summed E-state index contributed by atoms with van der Waals surface area (Å²) in [6.45, 7) is 0. The van der Waals surface area contributed by atoms with E-state index in [1.807, 2.05) is 6.07 Å². The molecule has 152 valence electrons. The summed E-state index contributed by atoms with van der Waals surface area (Å²) < 4.78 is 42.7. The minimum absolute atomic E-state index is 0.274. The first-order valence-electron chi connectivity index (χ1n) is 8.30. The van der Waals surface area contributed by atoms with E-state index in [1.54, 1.807) is 48.2 Å².